The van der Waals surface area contributed by atoms with Gasteiger partial charge in [0.2, 0.25) is 5.91 Å². The monoisotopic (exact) mass is 228 g/mol. The van der Waals surface area contributed by atoms with Crippen molar-refractivity contribution in [2.45, 2.75) is 38.7 Å². The SMILES string of the molecule is COC(C)CCC(=O)NCC1CCNCC1. The molecule has 0 aliphatic carbocycles. The average Bonchev–Trinajstić information content (AvgIpc) is 2.34. The van der Waals surface area contributed by atoms with E-state index in [1.807, 2.05) is 6.92 Å². The van der Waals surface area contributed by atoms with Crippen molar-refractivity contribution >= 4 is 5.91 Å². The molecule has 0 saturated carbocycles. The molecule has 2 N–H and O–H groups in total. The van der Waals surface area contributed by atoms with E-state index in [-0.39, 0.29) is 12.0 Å². The number of hydrogen-bond acceptors (Lipinski definition) is 3. The smallest absolute Gasteiger partial charge is 0.220 e. The summed E-state index contributed by atoms with van der Waals surface area (Å²) in [7, 11) is 1.68. The number of carbonyl (C=O) groups is 1. The van der Waals surface area contributed by atoms with Gasteiger partial charge in [-0.25, -0.2) is 0 Å². The number of nitrogens with one attached hydrogen (secondary N) is 2. The first-order valence-corrected chi connectivity index (χ1v) is 6.22. The quantitative estimate of drug-likeness (QED) is 0.710. The summed E-state index contributed by atoms with van der Waals surface area (Å²) in [6, 6.07) is 0. The molecule has 0 aromatic carbocycles. The van der Waals surface area contributed by atoms with Gasteiger partial charge in [0, 0.05) is 20.1 Å². The van der Waals surface area contributed by atoms with Crippen LogP contribution in [0.1, 0.15) is 32.6 Å². The highest BCUT2D eigenvalue weighted by atomic mass is 16.5. The van der Waals surface area contributed by atoms with Gasteiger partial charge in [-0.15, -0.1) is 0 Å². The first-order valence-electron chi connectivity index (χ1n) is 6.22. The fraction of sp³-hybridized carbons (Fsp3) is 0.917. The van der Waals surface area contributed by atoms with E-state index in [0.717, 1.165) is 26.1 Å². The maximum absolute atomic E-state index is 11.5. The van der Waals surface area contributed by atoms with Crippen LogP contribution < -0.4 is 10.6 Å². The Bertz CT molecular complexity index is 203. The average molecular weight is 228 g/mol. The second-order valence-electron chi connectivity index (χ2n) is 4.58. The minimum absolute atomic E-state index is 0.155. The molecule has 0 aromatic heterocycles. The molecule has 94 valence electrons. The van der Waals surface area contributed by atoms with Crippen LogP contribution >= 0.6 is 0 Å². The molecule has 0 spiro atoms. The van der Waals surface area contributed by atoms with Crippen LogP contribution in [0, 0.1) is 5.92 Å². The van der Waals surface area contributed by atoms with Crippen molar-refractivity contribution < 1.29 is 9.53 Å². The van der Waals surface area contributed by atoms with Crippen molar-refractivity contribution in [1.82, 2.24) is 10.6 Å². The Morgan fingerprint density at radius 3 is 2.81 bits per heavy atom. The number of methoxy groups -OCH3 is 1. The van der Waals surface area contributed by atoms with Crippen LogP contribution in [0.4, 0.5) is 0 Å². The summed E-state index contributed by atoms with van der Waals surface area (Å²) < 4.78 is 5.11. The van der Waals surface area contributed by atoms with Crippen molar-refractivity contribution in [3.63, 3.8) is 0 Å². The van der Waals surface area contributed by atoms with E-state index >= 15 is 0 Å². The molecule has 1 saturated heterocycles. The number of carbonyl (C=O) groups excluding carboxylic acids is 1. The molecule has 1 atom stereocenters. The third kappa shape index (κ3) is 5.47. The van der Waals surface area contributed by atoms with Crippen molar-refractivity contribution in [2.75, 3.05) is 26.7 Å². The predicted molar refractivity (Wildman–Crippen MR) is 64.3 cm³/mol. The van der Waals surface area contributed by atoms with Gasteiger partial charge in [0.25, 0.3) is 0 Å². The van der Waals surface area contributed by atoms with Gasteiger partial charge in [-0.3, -0.25) is 4.79 Å². The highest BCUT2D eigenvalue weighted by molar-refractivity contribution is 5.75. The van der Waals surface area contributed by atoms with Crippen molar-refractivity contribution in [3.05, 3.63) is 0 Å². The second-order valence-corrected chi connectivity index (χ2v) is 4.58. The van der Waals surface area contributed by atoms with E-state index in [9.17, 15) is 4.79 Å². The summed E-state index contributed by atoms with van der Waals surface area (Å²) in [4.78, 5) is 11.5. The van der Waals surface area contributed by atoms with Crippen molar-refractivity contribution in [2.24, 2.45) is 5.92 Å². The summed E-state index contributed by atoms with van der Waals surface area (Å²) in [5.74, 6) is 0.812. The zero-order valence-electron chi connectivity index (χ0n) is 10.4. The van der Waals surface area contributed by atoms with Gasteiger partial charge in [0.1, 0.15) is 0 Å². The molecule has 0 radical (unpaired) electrons. The third-order valence-corrected chi connectivity index (χ3v) is 3.23. The number of piperidine rings is 1. The summed E-state index contributed by atoms with van der Waals surface area (Å²) in [6.45, 7) is 4.99. The molecule has 1 fully saturated rings. The van der Waals surface area contributed by atoms with Gasteiger partial charge in [-0.05, 0) is 45.2 Å². The Morgan fingerprint density at radius 1 is 1.50 bits per heavy atom. The number of rotatable bonds is 6. The maximum Gasteiger partial charge on any atom is 0.220 e. The lowest BCUT2D eigenvalue weighted by atomic mass is 9.98. The highest BCUT2D eigenvalue weighted by Gasteiger charge is 2.14. The maximum atomic E-state index is 11.5. The first-order chi connectivity index (χ1) is 7.72. The fourth-order valence-corrected chi connectivity index (χ4v) is 1.88. The molecular weight excluding hydrogens is 204 g/mol. The van der Waals surface area contributed by atoms with Gasteiger partial charge >= 0.3 is 0 Å². The molecular formula is C12H24N2O2. The zero-order valence-corrected chi connectivity index (χ0v) is 10.4. The fourth-order valence-electron chi connectivity index (χ4n) is 1.88. The van der Waals surface area contributed by atoms with Crippen molar-refractivity contribution in [3.8, 4) is 0 Å². The molecule has 4 nitrogen and oxygen atoms in total. The molecule has 0 bridgehead atoms. The van der Waals surface area contributed by atoms with Gasteiger partial charge in [0.15, 0.2) is 0 Å². The summed E-state index contributed by atoms with van der Waals surface area (Å²) in [5.41, 5.74) is 0. The molecule has 1 heterocycles. The number of amides is 1. The van der Waals surface area contributed by atoms with E-state index in [1.165, 1.54) is 12.8 Å². The van der Waals surface area contributed by atoms with Crippen LogP contribution in [0.25, 0.3) is 0 Å². The summed E-state index contributed by atoms with van der Waals surface area (Å²) in [6.07, 6.45) is 3.89. The lowest BCUT2D eigenvalue weighted by Gasteiger charge is -2.22. The Hall–Kier alpha value is -0.610. The van der Waals surface area contributed by atoms with E-state index < -0.39 is 0 Å². The van der Waals surface area contributed by atoms with E-state index in [4.69, 9.17) is 4.74 Å². The summed E-state index contributed by atoms with van der Waals surface area (Å²) >= 11 is 0. The number of hydrogen-bond donors (Lipinski definition) is 2. The van der Waals surface area contributed by atoms with Gasteiger partial charge in [-0.1, -0.05) is 0 Å². The largest absolute Gasteiger partial charge is 0.382 e. The molecule has 1 unspecified atom stereocenters. The first kappa shape index (κ1) is 13.5. The standard InChI is InChI=1S/C12H24N2O2/c1-10(16-2)3-4-12(15)14-9-11-5-7-13-8-6-11/h10-11,13H,3-9H2,1-2H3,(H,14,15). The highest BCUT2D eigenvalue weighted by Crippen LogP contribution is 2.10. The normalized spacial score (nSPS) is 19.4. The Morgan fingerprint density at radius 2 is 2.19 bits per heavy atom. The molecule has 0 aromatic rings. The Labute approximate surface area is 98.1 Å². The van der Waals surface area contributed by atoms with Crippen LogP contribution in [0.3, 0.4) is 0 Å². The number of ether oxygens (including phenoxy) is 1. The van der Waals surface area contributed by atoms with E-state index in [2.05, 4.69) is 10.6 Å². The predicted octanol–water partition coefficient (Wildman–Crippen LogP) is 0.917. The lowest BCUT2D eigenvalue weighted by molar-refractivity contribution is -0.121. The minimum atomic E-state index is 0.155. The van der Waals surface area contributed by atoms with Crippen LogP contribution in [-0.2, 0) is 9.53 Å². The van der Waals surface area contributed by atoms with Crippen molar-refractivity contribution in [1.29, 1.82) is 0 Å². The third-order valence-electron chi connectivity index (χ3n) is 3.23. The Kier molecular flexibility index (Phi) is 6.42. The second kappa shape index (κ2) is 7.63. The van der Waals surface area contributed by atoms with Gasteiger partial charge < -0.3 is 15.4 Å². The van der Waals surface area contributed by atoms with E-state index in [1.54, 1.807) is 7.11 Å². The molecule has 4 heteroatoms. The molecule has 16 heavy (non-hydrogen) atoms. The molecule has 1 amide bonds. The molecule has 1 aliphatic heterocycles. The topological polar surface area (TPSA) is 50.4 Å². The van der Waals surface area contributed by atoms with E-state index in [0.29, 0.717) is 12.3 Å². The van der Waals surface area contributed by atoms with Crippen LogP contribution in [0.15, 0.2) is 0 Å². The van der Waals surface area contributed by atoms with Crippen LogP contribution in [0.5, 0.6) is 0 Å². The van der Waals surface area contributed by atoms with Crippen LogP contribution in [-0.4, -0.2) is 38.8 Å². The Balaban J connectivity index is 2.05. The van der Waals surface area contributed by atoms with Crippen LogP contribution in [0.2, 0.25) is 0 Å². The lowest BCUT2D eigenvalue weighted by Crippen LogP contribution is -2.36. The van der Waals surface area contributed by atoms with Gasteiger partial charge in [-0.2, -0.15) is 0 Å². The minimum Gasteiger partial charge on any atom is -0.382 e. The molecule has 1 aliphatic rings. The summed E-state index contributed by atoms with van der Waals surface area (Å²) in [5, 5.41) is 6.33. The molecule has 1 rings (SSSR count). The zero-order chi connectivity index (χ0) is 11.8. The van der Waals surface area contributed by atoms with Gasteiger partial charge in [0.05, 0.1) is 6.10 Å².